The third-order valence-electron chi connectivity index (χ3n) is 5.32. The highest BCUT2D eigenvalue weighted by atomic mass is 19.4. The Kier molecular flexibility index (Phi) is 6.18. The van der Waals surface area contributed by atoms with Crippen LogP contribution in [0.15, 0.2) is 72.8 Å². The third-order valence-corrected chi connectivity index (χ3v) is 5.32. The number of fused-ring (bicyclic) bond motifs is 3. The smallest absolute Gasteiger partial charge is 0.417 e. The average Bonchev–Trinajstić information content (AvgIpc) is 3.11. The maximum atomic E-state index is 13.0. The van der Waals surface area contributed by atoms with Crippen molar-refractivity contribution in [2.45, 2.75) is 18.5 Å². The number of nitrogens with one attached hydrogen (secondary N) is 1. The molecule has 4 rings (SSSR count). The predicted octanol–water partition coefficient (Wildman–Crippen LogP) is 5.99. The lowest BCUT2D eigenvalue weighted by molar-refractivity contribution is -0.137. The first-order chi connectivity index (χ1) is 15.4. The largest absolute Gasteiger partial charge is 0.449 e. The SMILES string of the molecule is O=C(NCCC#Cc1ccccc1C(F)(F)F)OCC1c2ccccc2-c2ccccc21. The standard InChI is InChI=1S/C26H20F3NO2/c27-26(28,29)24-15-6-1-9-18(24)10-7-8-16-30-25(31)32-17-23-21-13-4-2-11-19(21)20-12-3-5-14-22(20)23/h1-6,9,11-15,23H,8,16-17H2,(H,30,31). The van der Waals surface area contributed by atoms with Gasteiger partial charge in [0.15, 0.2) is 0 Å². The van der Waals surface area contributed by atoms with Gasteiger partial charge in [-0.1, -0.05) is 72.5 Å². The number of carbonyl (C=O) groups excluding carboxylic acids is 1. The topological polar surface area (TPSA) is 38.3 Å². The van der Waals surface area contributed by atoms with E-state index in [4.69, 9.17) is 4.74 Å². The molecule has 0 atom stereocenters. The number of amides is 1. The van der Waals surface area contributed by atoms with Crippen LogP contribution in [-0.2, 0) is 10.9 Å². The predicted molar refractivity (Wildman–Crippen MR) is 116 cm³/mol. The van der Waals surface area contributed by atoms with E-state index < -0.39 is 17.8 Å². The molecule has 0 spiro atoms. The van der Waals surface area contributed by atoms with Gasteiger partial charge in [0.25, 0.3) is 0 Å². The molecule has 0 fully saturated rings. The molecule has 0 unspecified atom stereocenters. The van der Waals surface area contributed by atoms with E-state index in [9.17, 15) is 18.0 Å². The second kappa shape index (κ2) is 9.19. The van der Waals surface area contributed by atoms with E-state index >= 15 is 0 Å². The fraction of sp³-hybridized carbons (Fsp3) is 0.192. The van der Waals surface area contributed by atoms with Crippen LogP contribution in [0, 0.1) is 11.8 Å². The van der Waals surface area contributed by atoms with E-state index in [-0.39, 0.29) is 31.1 Å². The fourth-order valence-corrected chi connectivity index (χ4v) is 3.87. The van der Waals surface area contributed by atoms with Gasteiger partial charge in [0.1, 0.15) is 6.61 Å². The number of alkyl halides is 3. The number of hydrogen-bond donors (Lipinski definition) is 1. The Hall–Kier alpha value is -3.72. The van der Waals surface area contributed by atoms with Crippen molar-refractivity contribution in [1.82, 2.24) is 5.32 Å². The zero-order chi connectivity index (χ0) is 22.6. The van der Waals surface area contributed by atoms with Gasteiger partial charge in [-0.2, -0.15) is 13.2 Å². The highest BCUT2D eigenvalue weighted by Crippen LogP contribution is 2.44. The van der Waals surface area contributed by atoms with Crippen molar-refractivity contribution < 1.29 is 22.7 Å². The fourth-order valence-electron chi connectivity index (χ4n) is 3.87. The Balaban J connectivity index is 1.30. The van der Waals surface area contributed by atoms with Crippen LogP contribution in [0.5, 0.6) is 0 Å². The van der Waals surface area contributed by atoms with E-state index in [0.717, 1.165) is 28.3 Å². The summed E-state index contributed by atoms with van der Waals surface area (Å²) in [4.78, 5) is 12.1. The first-order valence-electron chi connectivity index (χ1n) is 10.2. The minimum absolute atomic E-state index is 0.0354. The Morgan fingerprint density at radius 1 is 0.906 bits per heavy atom. The molecule has 3 nitrogen and oxygen atoms in total. The van der Waals surface area contributed by atoms with Gasteiger partial charge in [0, 0.05) is 24.4 Å². The number of ether oxygens (including phenoxy) is 1. The minimum Gasteiger partial charge on any atom is -0.449 e. The van der Waals surface area contributed by atoms with Crippen LogP contribution in [0.4, 0.5) is 18.0 Å². The van der Waals surface area contributed by atoms with Crippen molar-refractivity contribution in [3.8, 4) is 23.0 Å². The van der Waals surface area contributed by atoms with Crippen molar-refractivity contribution in [1.29, 1.82) is 0 Å². The summed E-state index contributed by atoms with van der Waals surface area (Å²) in [5, 5.41) is 2.60. The van der Waals surface area contributed by atoms with Gasteiger partial charge in [-0.15, -0.1) is 0 Å². The third kappa shape index (κ3) is 4.62. The number of halogens is 3. The quantitative estimate of drug-likeness (QED) is 0.404. The molecule has 3 aromatic carbocycles. The van der Waals surface area contributed by atoms with Crippen molar-refractivity contribution >= 4 is 6.09 Å². The number of alkyl carbamates (subject to hydrolysis) is 1. The minimum atomic E-state index is -4.45. The normalized spacial score (nSPS) is 12.3. The molecule has 32 heavy (non-hydrogen) atoms. The zero-order valence-electron chi connectivity index (χ0n) is 17.1. The number of carbonyl (C=O) groups is 1. The molecule has 3 aromatic rings. The highest BCUT2D eigenvalue weighted by molar-refractivity contribution is 5.79. The van der Waals surface area contributed by atoms with Crippen LogP contribution in [-0.4, -0.2) is 19.2 Å². The molecule has 0 aliphatic heterocycles. The van der Waals surface area contributed by atoms with Gasteiger partial charge in [0.2, 0.25) is 0 Å². The molecule has 0 bridgehead atoms. The highest BCUT2D eigenvalue weighted by Gasteiger charge is 2.32. The van der Waals surface area contributed by atoms with Crippen molar-refractivity contribution in [2.75, 3.05) is 13.2 Å². The second-order valence-corrected chi connectivity index (χ2v) is 7.35. The summed E-state index contributed by atoms with van der Waals surface area (Å²) in [6.07, 6.45) is -4.83. The first kappa shape index (κ1) is 21.5. The lowest BCUT2D eigenvalue weighted by Gasteiger charge is -2.14. The maximum absolute atomic E-state index is 13.0. The number of hydrogen-bond acceptors (Lipinski definition) is 2. The van der Waals surface area contributed by atoms with Gasteiger partial charge in [-0.05, 0) is 34.4 Å². The van der Waals surface area contributed by atoms with Crippen LogP contribution in [0.25, 0.3) is 11.1 Å². The Morgan fingerprint density at radius 2 is 1.50 bits per heavy atom. The lowest BCUT2D eigenvalue weighted by Crippen LogP contribution is -2.26. The van der Waals surface area contributed by atoms with E-state index in [1.54, 1.807) is 0 Å². The van der Waals surface area contributed by atoms with E-state index in [2.05, 4.69) is 29.3 Å². The van der Waals surface area contributed by atoms with Gasteiger partial charge in [0.05, 0.1) is 5.56 Å². The summed E-state index contributed by atoms with van der Waals surface area (Å²) in [6, 6.07) is 21.3. The van der Waals surface area contributed by atoms with Gasteiger partial charge in [-0.3, -0.25) is 0 Å². The Bertz CT molecular complexity index is 1150. The van der Waals surface area contributed by atoms with Gasteiger partial charge < -0.3 is 10.1 Å². The maximum Gasteiger partial charge on any atom is 0.417 e. The first-order valence-corrected chi connectivity index (χ1v) is 10.2. The van der Waals surface area contributed by atoms with Crippen LogP contribution < -0.4 is 5.32 Å². The average molecular weight is 435 g/mol. The summed E-state index contributed by atoms with van der Waals surface area (Å²) in [5.74, 6) is 5.17. The molecule has 0 heterocycles. The van der Waals surface area contributed by atoms with Gasteiger partial charge >= 0.3 is 12.3 Å². The lowest BCUT2D eigenvalue weighted by atomic mass is 9.98. The molecular weight excluding hydrogens is 415 g/mol. The Labute approximate surface area is 184 Å². The number of rotatable bonds is 4. The Morgan fingerprint density at radius 3 is 2.16 bits per heavy atom. The van der Waals surface area contributed by atoms with Crippen molar-refractivity contribution in [3.63, 3.8) is 0 Å². The molecule has 162 valence electrons. The van der Waals surface area contributed by atoms with E-state index in [0.29, 0.717) is 0 Å². The van der Waals surface area contributed by atoms with Gasteiger partial charge in [-0.25, -0.2) is 4.79 Å². The van der Waals surface area contributed by atoms with Crippen LogP contribution in [0.1, 0.15) is 34.6 Å². The molecular formula is C26H20F3NO2. The van der Waals surface area contributed by atoms with Crippen molar-refractivity contribution in [3.05, 3.63) is 95.1 Å². The molecule has 0 saturated heterocycles. The summed E-state index contributed by atoms with van der Waals surface area (Å²) >= 11 is 0. The molecule has 0 aromatic heterocycles. The summed E-state index contributed by atoms with van der Waals surface area (Å²) < 4.78 is 44.4. The molecule has 1 aliphatic rings. The van der Waals surface area contributed by atoms with Crippen LogP contribution in [0.3, 0.4) is 0 Å². The molecule has 6 heteroatoms. The summed E-state index contributed by atoms with van der Waals surface area (Å²) in [5.41, 5.74) is 3.68. The zero-order valence-corrected chi connectivity index (χ0v) is 17.1. The molecule has 1 amide bonds. The number of benzene rings is 3. The molecule has 1 N–H and O–H groups in total. The van der Waals surface area contributed by atoms with E-state index in [1.165, 1.54) is 18.2 Å². The second-order valence-electron chi connectivity index (χ2n) is 7.35. The van der Waals surface area contributed by atoms with Crippen LogP contribution in [0.2, 0.25) is 0 Å². The molecule has 0 radical (unpaired) electrons. The van der Waals surface area contributed by atoms with Crippen LogP contribution >= 0.6 is 0 Å². The summed E-state index contributed by atoms with van der Waals surface area (Å²) in [7, 11) is 0. The van der Waals surface area contributed by atoms with E-state index in [1.807, 2.05) is 36.4 Å². The van der Waals surface area contributed by atoms with Crippen molar-refractivity contribution in [2.24, 2.45) is 0 Å². The molecule has 0 saturated carbocycles. The molecule has 1 aliphatic carbocycles. The summed E-state index contributed by atoms with van der Waals surface area (Å²) in [6.45, 7) is 0.377. The monoisotopic (exact) mass is 435 g/mol.